The molecule has 0 spiro atoms. The first-order valence-electron chi connectivity index (χ1n) is 6.77. The fourth-order valence-electron chi connectivity index (χ4n) is 2.81. The lowest BCUT2D eigenvalue weighted by Crippen LogP contribution is -2.39. The van der Waals surface area contributed by atoms with Gasteiger partial charge >= 0.3 is 5.82 Å². The van der Waals surface area contributed by atoms with Crippen LogP contribution in [0.1, 0.15) is 45.4 Å². The maximum atomic E-state index is 11.1. The summed E-state index contributed by atoms with van der Waals surface area (Å²) in [4.78, 5) is 14.7. The first-order chi connectivity index (χ1) is 8.83. The predicted molar refractivity (Wildman–Crippen MR) is 74.3 cm³/mol. The SMILES string of the molecule is Cc1nc([N+](=O)[O-])c(NC2CCCCC2(C)C)n1C. The standard InChI is InChI=1S/C13H22N4O2/c1-9-14-12(17(18)19)11(16(9)4)15-10-7-5-6-8-13(10,2)3/h10,15H,5-8H2,1-4H3. The van der Waals surface area contributed by atoms with Gasteiger partial charge in [-0.25, -0.2) is 0 Å². The van der Waals surface area contributed by atoms with Crippen molar-refractivity contribution < 1.29 is 4.92 Å². The van der Waals surface area contributed by atoms with E-state index in [2.05, 4.69) is 24.1 Å². The van der Waals surface area contributed by atoms with Crippen LogP contribution >= 0.6 is 0 Å². The zero-order valence-electron chi connectivity index (χ0n) is 12.1. The van der Waals surface area contributed by atoms with E-state index in [-0.39, 0.29) is 17.3 Å². The summed E-state index contributed by atoms with van der Waals surface area (Å²) in [6.45, 7) is 6.22. The highest BCUT2D eigenvalue weighted by Gasteiger charge is 2.35. The highest BCUT2D eigenvalue weighted by atomic mass is 16.6. The van der Waals surface area contributed by atoms with Gasteiger partial charge in [-0.2, -0.15) is 0 Å². The molecule has 0 radical (unpaired) electrons. The van der Waals surface area contributed by atoms with Gasteiger partial charge < -0.3 is 15.4 Å². The van der Waals surface area contributed by atoms with Crippen molar-refractivity contribution in [1.82, 2.24) is 9.55 Å². The number of imidazole rings is 1. The summed E-state index contributed by atoms with van der Waals surface area (Å²) in [6.07, 6.45) is 4.60. The molecule has 6 nitrogen and oxygen atoms in total. The van der Waals surface area contributed by atoms with Crippen molar-refractivity contribution in [2.45, 2.75) is 52.5 Å². The largest absolute Gasteiger partial charge is 0.406 e. The molecule has 19 heavy (non-hydrogen) atoms. The molecule has 1 unspecified atom stereocenters. The molecule has 0 aliphatic heterocycles. The lowest BCUT2D eigenvalue weighted by atomic mass is 9.73. The van der Waals surface area contributed by atoms with Gasteiger partial charge in [-0.1, -0.05) is 26.7 Å². The highest BCUT2D eigenvalue weighted by Crippen LogP contribution is 2.38. The van der Waals surface area contributed by atoms with Gasteiger partial charge in [0, 0.05) is 20.0 Å². The van der Waals surface area contributed by atoms with Gasteiger partial charge in [-0.15, -0.1) is 0 Å². The van der Waals surface area contributed by atoms with Gasteiger partial charge in [0.2, 0.25) is 11.6 Å². The Balaban J connectivity index is 2.30. The molecule has 1 aliphatic rings. The summed E-state index contributed by atoms with van der Waals surface area (Å²) in [5, 5.41) is 14.4. The Morgan fingerprint density at radius 3 is 2.74 bits per heavy atom. The molecule has 6 heteroatoms. The summed E-state index contributed by atoms with van der Waals surface area (Å²) in [5.74, 6) is 1.12. The molecule has 1 saturated carbocycles. The maximum Gasteiger partial charge on any atom is 0.406 e. The quantitative estimate of drug-likeness (QED) is 0.674. The van der Waals surface area contributed by atoms with Gasteiger partial charge in [0.15, 0.2) is 0 Å². The van der Waals surface area contributed by atoms with Gasteiger partial charge in [-0.05, 0) is 28.2 Å². The van der Waals surface area contributed by atoms with Gasteiger partial charge in [0.05, 0.1) is 0 Å². The monoisotopic (exact) mass is 266 g/mol. The number of aryl methyl sites for hydroxylation is 1. The van der Waals surface area contributed by atoms with Crippen LogP contribution in [0.5, 0.6) is 0 Å². The van der Waals surface area contributed by atoms with Crippen molar-refractivity contribution in [3.63, 3.8) is 0 Å². The summed E-state index contributed by atoms with van der Waals surface area (Å²) < 4.78 is 1.77. The molecule has 106 valence electrons. The van der Waals surface area contributed by atoms with Crippen molar-refractivity contribution in [3.8, 4) is 0 Å². The van der Waals surface area contributed by atoms with Crippen LogP contribution in [0.2, 0.25) is 0 Å². The minimum Gasteiger partial charge on any atom is -0.361 e. The average Bonchev–Trinajstić information content (AvgIpc) is 2.60. The van der Waals surface area contributed by atoms with Crippen LogP contribution in [-0.4, -0.2) is 20.5 Å². The Kier molecular flexibility index (Phi) is 3.52. The number of hydrogen-bond donors (Lipinski definition) is 1. The van der Waals surface area contributed by atoms with Crippen molar-refractivity contribution in [2.75, 3.05) is 5.32 Å². The first kappa shape index (κ1) is 13.8. The molecular weight excluding hydrogens is 244 g/mol. The molecule has 1 aliphatic carbocycles. The number of aromatic nitrogens is 2. The van der Waals surface area contributed by atoms with Crippen molar-refractivity contribution >= 4 is 11.6 Å². The Bertz CT molecular complexity index is 493. The number of nitrogens with zero attached hydrogens (tertiary/aromatic N) is 3. The fourth-order valence-corrected chi connectivity index (χ4v) is 2.81. The van der Waals surface area contributed by atoms with Crippen LogP contribution < -0.4 is 5.32 Å². The van der Waals surface area contributed by atoms with Gasteiger partial charge in [0.1, 0.15) is 0 Å². The maximum absolute atomic E-state index is 11.1. The smallest absolute Gasteiger partial charge is 0.361 e. The predicted octanol–water partition coefficient (Wildman–Crippen LogP) is 3.02. The van der Waals surface area contributed by atoms with Gasteiger partial charge in [0.25, 0.3) is 0 Å². The summed E-state index contributed by atoms with van der Waals surface area (Å²) in [7, 11) is 1.81. The van der Waals surface area contributed by atoms with Crippen LogP contribution in [0.25, 0.3) is 0 Å². The highest BCUT2D eigenvalue weighted by molar-refractivity contribution is 5.54. The van der Waals surface area contributed by atoms with E-state index in [1.165, 1.54) is 12.8 Å². The number of anilines is 1. The topological polar surface area (TPSA) is 73.0 Å². The van der Waals surface area contributed by atoms with Crippen molar-refractivity contribution in [1.29, 1.82) is 0 Å². The third kappa shape index (κ3) is 2.57. The molecule has 1 atom stereocenters. The van der Waals surface area contributed by atoms with Crippen LogP contribution in [0, 0.1) is 22.5 Å². The van der Waals surface area contributed by atoms with Gasteiger partial charge in [-0.3, -0.25) is 4.57 Å². The third-order valence-corrected chi connectivity index (χ3v) is 4.29. The van der Waals surface area contributed by atoms with E-state index in [1.807, 2.05) is 7.05 Å². The normalized spacial score (nSPS) is 22.2. The summed E-state index contributed by atoms with van der Waals surface area (Å²) in [5.41, 5.74) is 0.157. The molecule has 1 fully saturated rings. The minimum absolute atomic E-state index is 0.0682. The van der Waals surface area contributed by atoms with Crippen molar-refractivity contribution in [3.05, 3.63) is 15.9 Å². The lowest BCUT2D eigenvalue weighted by Gasteiger charge is -2.39. The number of rotatable bonds is 3. The van der Waals surface area contributed by atoms with E-state index in [0.29, 0.717) is 11.6 Å². The summed E-state index contributed by atoms with van der Waals surface area (Å²) in [6, 6.07) is 0.259. The lowest BCUT2D eigenvalue weighted by molar-refractivity contribution is -0.388. The molecule has 1 aromatic rings. The Morgan fingerprint density at radius 1 is 1.47 bits per heavy atom. The number of nitrogens with one attached hydrogen (secondary N) is 1. The molecular formula is C13H22N4O2. The second kappa shape index (κ2) is 4.83. The molecule has 0 saturated heterocycles. The second-order valence-corrected chi connectivity index (χ2v) is 6.08. The first-order valence-corrected chi connectivity index (χ1v) is 6.77. The zero-order chi connectivity index (χ0) is 14.2. The molecule has 1 heterocycles. The van der Waals surface area contributed by atoms with Crippen LogP contribution in [0.4, 0.5) is 11.6 Å². The van der Waals surface area contributed by atoms with E-state index < -0.39 is 4.92 Å². The molecule has 1 N–H and O–H groups in total. The Labute approximate surface area is 113 Å². The van der Waals surface area contributed by atoms with Crippen LogP contribution in [0.15, 0.2) is 0 Å². The summed E-state index contributed by atoms with van der Waals surface area (Å²) >= 11 is 0. The molecule has 0 amide bonds. The van der Waals surface area contributed by atoms with E-state index in [9.17, 15) is 10.1 Å². The average molecular weight is 266 g/mol. The second-order valence-electron chi connectivity index (χ2n) is 6.08. The molecule has 1 aromatic heterocycles. The number of hydrogen-bond acceptors (Lipinski definition) is 4. The minimum atomic E-state index is -0.412. The number of nitro groups is 1. The third-order valence-electron chi connectivity index (χ3n) is 4.29. The van der Waals surface area contributed by atoms with Crippen LogP contribution in [0.3, 0.4) is 0 Å². The Hall–Kier alpha value is -1.59. The van der Waals surface area contributed by atoms with E-state index in [4.69, 9.17) is 0 Å². The van der Waals surface area contributed by atoms with E-state index in [1.54, 1.807) is 11.5 Å². The Morgan fingerprint density at radius 2 is 2.16 bits per heavy atom. The van der Waals surface area contributed by atoms with Crippen molar-refractivity contribution in [2.24, 2.45) is 12.5 Å². The fraction of sp³-hybridized carbons (Fsp3) is 0.769. The molecule has 0 bridgehead atoms. The zero-order valence-corrected chi connectivity index (χ0v) is 12.1. The molecule has 2 rings (SSSR count). The van der Waals surface area contributed by atoms with Crippen LogP contribution in [-0.2, 0) is 7.05 Å². The van der Waals surface area contributed by atoms with E-state index >= 15 is 0 Å². The molecule has 0 aromatic carbocycles. The van der Waals surface area contributed by atoms with E-state index in [0.717, 1.165) is 12.8 Å².